The highest BCUT2D eigenvalue weighted by atomic mass is 32.2. The van der Waals surface area contributed by atoms with Gasteiger partial charge in [0.1, 0.15) is 0 Å². The number of nitrogens with one attached hydrogen (secondary N) is 1. The van der Waals surface area contributed by atoms with Crippen molar-refractivity contribution in [1.29, 1.82) is 0 Å². The van der Waals surface area contributed by atoms with Crippen LogP contribution in [0.15, 0.2) is 29.2 Å². The lowest BCUT2D eigenvalue weighted by Gasteiger charge is -2.47. The predicted molar refractivity (Wildman–Crippen MR) is 83.7 cm³/mol. The second kappa shape index (κ2) is 5.71. The number of fused-ring (bicyclic) bond motifs is 2. The number of sulfonamides is 1. The van der Waals surface area contributed by atoms with Gasteiger partial charge in [-0.15, -0.1) is 0 Å². The molecule has 2 atom stereocenters. The predicted octanol–water partition coefficient (Wildman–Crippen LogP) is 2.29. The Morgan fingerprint density at radius 1 is 1.14 bits per heavy atom. The molecule has 0 aliphatic carbocycles. The number of benzene rings is 1. The van der Waals surface area contributed by atoms with E-state index in [1.54, 1.807) is 12.1 Å². The average molecular weight is 308 g/mol. The third kappa shape index (κ3) is 3.00. The minimum atomic E-state index is -3.41. The molecule has 0 amide bonds. The van der Waals surface area contributed by atoms with Crippen LogP contribution in [0, 0.1) is 6.92 Å². The van der Waals surface area contributed by atoms with Gasteiger partial charge in [0.15, 0.2) is 0 Å². The Balaban J connectivity index is 1.76. The van der Waals surface area contributed by atoms with E-state index in [0.717, 1.165) is 18.4 Å². The zero-order chi connectivity index (χ0) is 15.0. The molecule has 1 aromatic carbocycles. The Morgan fingerprint density at radius 3 is 2.38 bits per heavy atom. The summed E-state index contributed by atoms with van der Waals surface area (Å²) in [5.74, 6) is 0. The molecule has 1 aromatic rings. The molecular weight excluding hydrogens is 284 g/mol. The summed E-state index contributed by atoms with van der Waals surface area (Å²) in [5.41, 5.74) is 0.804. The minimum Gasteiger partial charge on any atom is -0.300 e. The quantitative estimate of drug-likeness (QED) is 0.932. The van der Waals surface area contributed by atoms with Crippen LogP contribution in [0.25, 0.3) is 0 Å². The Morgan fingerprint density at radius 2 is 1.76 bits per heavy atom. The van der Waals surface area contributed by atoms with E-state index in [0.29, 0.717) is 17.0 Å². The van der Waals surface area contributed by atoms with E-state index in [1.165, 1.54) is 19.3 Å². The third-order valence-corrected chi connectivity index (χ3v) is 6.73. The van der Waals surface area contributed by atoms with Gasteiger partial charge in [0.25, 0.3) is 0 Å². The molecule has 116 valence electrons. The summed E-state index contributed by atoms with van der Waals surface area (Å²) >= 11 is 0. The lowest BCUT2D eigenvalue weighted by Crippen LogP contribution is -2.55. The van der Waals surface area contributed by atoms with Gasteiger partial charge in [0.2, 0.25) is 10.0 Å². The second-order valence-electron chi connectivity index (χ2n) is 6.46. The van der Waals surface area contributed by atoms with Crippen LogP contribution in [0.3, 0.4) is 0 Å². The fourth-order valence-corrected chi connectivity index (χ4v) is 5.36. The smallest absolute Gasteiger partial charge is 0.241 e. The van der Waals surface area contributed by atoms with E-state index in [9.17, 15) is 8.42 Å². The molecule has 2 heterocycles. The van der Waals surface area contributed by atoms with Crippen LogP contribution < -0.4 is 4.72 Å². The van der Waals surface area contributed by atoms with Crippen LogP contribution in [0.5, 0.6) is 0 Å². The highest BCUT2D eigenvalue weighted by Gasteiger charge is 2.37. The number of rotatable bonds is 3. The molecule has 0 aromatic heterocycles. The molecule has 0 spiro atoms. The molecule has 3 rings (SSSR count). The van der Waals surface area contributed by atoms with Crippen molar-refractivity contribution in [2.24, 2.45) is 0 Å². The molecule has 2 unspecified atom stereocenters. The van der Waals surface area contributed by atoms with Gasteiger partial charge in [-0.1, -0.05) is 24.6 Å². The second-order valence-corrected chi connectivity index (χ2v) is 8.14. The number of hydrogen-bond donors (Lipinski definition) is 1. The molecule has 2 bridgehead atoms. The third-order valence-electron chi connectivity index (χ3n) is 5.04. The molecule has 21 heavy (non-hydrogen) atoms. The van der Waals surface area contributed by atoms with Crippen LogP contribution in [-0.2, 0) is 10.0 Å². The van der Waals surface area contributed by atoms with Gasteiger partial charge in [0, 0.05) is 18.1 Å². The molecular formula is C16H24N2O2S. The maximum Gasteiger partial charge on any atom is 0.241 e. The average Bonchev–Trinajstić information content (AvgIpc) is 2.40. The Bertz CT molecular complexity index is 600. The maximum absolute atomic E-state index is 12.6. The maximum atomic E-state index is 12.6. The van der Waals surface area contributed by atoms with Crippen molar-refractivity contribution in [3.8, 4) is 0 Å². The summed E-state index contributed by atoms with van der Waals surface area (Å²) in [6, 6.07) is 8.32. The first-order valence-electron chi connectivity index (χ1n) is 7.77. The van der Waals surface area contributed by atoms with Crippen molar-refractivity contribution in [2.45, 2.75) is 62.0 Å². The van der Waals surface area contributed by atoms with Crippen LogP contribution >= 0.6 is 0 Å². The number of aryl methyl sites for hydroxylation is 1. The molecule has 5 heteroatoms. The van der Waals surface area contributed by atoms with Crippen LogP contribution in [0.1, 0.15) is 37.7 Å². The molecule has 2 fully saturated rings. The van der Waals surface area contributed by atoms with Gasteiger partial charge in [0.05, 0.1) is 4.90 Å². The van der Waals surface area contributed by atoms with E-state index >= 15 is 0 Å². The van der Waals surface area contributed by atoms with E-state index in [-0.39, 0.29) is 6.04 Å². The van der Waals surface area contributed by atoms with Crippen molar-refractivity contribution in [3.63, 3.8) is 0 Å². The van der Waals surface area contributed by atoms with Gasteiger partial charge in [-0.05, 0) is 51.3 Å². The summed E-state index contributed by atoms with van der Waals surface area (Å²) in [4.78, 5) is 2.86. The monoisotopic (exact) mass is 308 g/mol. The summed E-state index contributed by atoms with van der Waals surface area (Å²) in [6.07, 6.45) is 5.51. The largest absolute Gasteiger partial charge is 0.300 e. The van der Waals surface area contributed by atoms with Crippen molar-refractivity contribution < 1.29 is 8.42 Å². The first-order valence-corrected chi connectivity index (χ1v) is 9.25. The summed E-state index contributed by atoms with van der Waals surface area (Å²) in [5, 5.41) is 0. The normalized spacial score (nSPS) is 30.3. The SMILES string of the molecule is Cc1ccccc1S(=O)(=O)NC1CC2CCCC(C1)N2C. The van der Waals surface area contributed by atoms with Gasteiger partial charge in [-0.3, -0.25) is 0 Å². The molecule has 2 aliphatic heterocycles. The lowest BCUT2D eigenvalue weighted by molar-refractivity contribution is 0.0536. The van der Waals surface area contributed by atoms with Crippen LogP contribution in [-0.4, -0.2) is 38.5 Å². The van der Waals surface area contributed by atoms with Gasteiger partial charge in [-0.2, -0.15) is 0 Å². The van der Waals surface area contributed by atoms with Gasteiger partial charge in [-0.25, -0.2) is 13.1 Å². The Hall–Kier alpha value is -0.910. The van der Waals surface area contributed by atoms with Gasteiger partial charge >= 0.3 is 0 Å². The van der Waals surface area contributed by atoms with Gasteiger partial charge < -0.3 is 4.90 Å². The molecule has 2 aliphatic rings. The summed E-state index contributed by atoms with van der Waals surface area (Å²) in [6.45, 7) is 1.85. The van der Waals surface area contributed by atoms with E-state index in [2.05, 4.69) is 16.7 Å². The first-order chi connectivity index (χ1) is 9.97. The van der Waals surface area contributed by atoms with E-state index in [4.69, 9.17) is 0 Å². The van der Waals surface area contributed by atoms with Crippen LogP contribution in [0.2, 0.25) is 0 Å². The molecule has 2 saturated heterocycles. The number of hydrogen-bond acceptors (Lipinski definition) is 3. The fraction of sp³-hybridized carbons (Fsp3) is 0.625. The summed E-state index contributed by atoms with van der Waals surface area (Å²) in [7, 11) is -1.23. The Kier molecular flexibility index (Phi) is 4.08. The molecule has 0 radical (unpaired) electrons. The first kappa shape index (κ1) is 15.0. The van der Waals surface area contributed by atoms with Crippen molar-refractivity contribution in [3.05, 3.63) is 29.8 Å². The lowest BCUT2D eigenvalue weighted by atomic mass is 9.83. The molecule has 0 saturated carbocycles. The summed E-state index contributed by atoms with van der Waals surface area (Å²) < 4.78 is 28.1. The fourth-order valence-electron chi connectivity index (χ4n) is 3.85. The topological polar surface area (TPSA) is 49.4 Å². The highest BCUT2D eigenvalue weighted by molar-refractivity contribution is 7.89. The molecule has 1 N–H and O–H groups in total. The zero-order valence-corrected chi connectivity index (χ0v) is 13.6. The Labute approximate surface area is 127 Å². The van der Waals surface area contributed by atoms with Crippen molar-refractivity contribution in [1.82, 2.24) is 9.62 Å². The number of piperidine rings is 2. The minimum absolute atomic E-state index is 0.0705. The van der Waals surface area contributed by atoms with Crippen molar-refractivity contribution in [2.75, 3.05) is 7.05 Å². The van der Waals surface area contributed by atoms with Crippen LogP contribution in [0.4, 0.5) is 0 Å². The van der Waals surface area contributed by atoms with E-state index in [1.807, 2.05) is 19.1 Å². The zero-order valence-electron chi connectivity index (χ0n) is 12.7. The highest BCUT2D eigenvalue weighted by Crippen LogP contribution is 2.33. The number of nitrogens with zero attached hydrogens (tertiary/aromatic N) is 1. The van der Waals surface area contributed by atoms with E-state index < -0.39 is 10.0 Å². The standard InChI is InChI=1S/C16H24N2O2S/c1-12-6-3-4-9-16(12)21(19,20)17-13-10-14-7-5-8-15(11-13)18(14)2/h3-4,6,9,13-15,17H,5,7-8,10-11H2,1-2H3. The van der Waals surface area contributed by atoms with Crippen molar-refractivity contribution >= 4 is 10.0 Å². The molecule has 4 nitrogen and oxygen atoms in total.